The van der Waals surface area contributed by atoms with Gasteiger partial charge in [0, 0.05) is 11.8 Å². The minimum absolute atomic E-state index is 0.115. The van der Waals surface area contributed by atoms with Crippen LogP contribution in [-0.2, 0) is 0 Å². The van der Waals surface area contributed by atoms with Crippen LogP contribution in [0.3, 0.4) is 0 Å². The second kappa shape index (κ2) is 4.94. The Morgan fingerprint density at radius 2 is 1.79 bits per heavy atom. The van der Waals surface area contributed by atoms with Gasteiger partial charge in [-0.25, -0.2) is 8.78 Å². The Labute approximate surface area is 108 Å². The Kier molecular flexibility index (Phi) is 3.34. The number of nitriles is 1. The summed E-state index contributed by atoms with van der Waals surface area (Å²) >= 11 is 0. The summed E-state index contributed by atoms with van der Waals surface area (Å²) in [6.45, 7) is 1.69. The van der Waals surface area contributed by atoms with Gasteiger partial charge in [0.1, 0.15) is 0 Å². The quantitative estimate of drug-likeness (QED) is 0.840. The largest absolute Gasteiger partial charge is 0.451 e. The number of nitrogens with two attached hydrogens (primary N) is 1. The van der Waals surface area contributed by atoms with E-state index in [1.807, 2.05) is 0 Å². The molecule has 96 valence electrons. The third-order valence-corrected chi connectivity index (χ3v) is 2.60. The van der Waals surface area contributed by atoms with Crippen molar-refractivity contribution in [3.8, 4) is 17.6 Å². The molecule has 5 heteroatoms. The number of nitrogen functional groups attached to an aromatic ring is 1. The van der Waals surface area contributed by atoms with Crippen LogP contribution in [0.25, 0.3) is 0 Å². The van der Waals surface area contributed by atoms with Crippen LogP contribution in [0.1, 0.15) is 11.1 Å². The highest BCUT2D eigenvalue weighted by molar-refractivity contribution is 5.51. The number of hydrogen-bond donors (Lipinski definition) is 1. The summed E-state index contributed by atoms with van der Waals surface area (Å²) in [4.78, 5) is 0. The molecule has 0 saturated carbocycles. The van der Waals surface area contributed by atoms with E-state index in [9.17, 15) is 8.78 Å². The van der Waals surface area contributed by atoms with Crippen LogP contribution in [-0.4, -0.2) is 0 Å². The molecule has 2 aromatic rings. The van der Waals surface area contributed by atoms with Crippen molar-refractivity contribution in [2.75, 3.05) is 5.73 Å². The van der Waals surface area contributed by atoms with Crippen molar-refractivity contribution in [2.45, 2.75) is 6.92 Å². The topological polar surface area (TPSA) is 59.0 Å². The van der Waals surface area contributed by atoms with E-state index in [0.29, 0.717) is 11.3 Å². The maximum Gasteiger partial charge on any atom is 0.167 e. The fourth-order valence-electron chi connectivity index (χ4n) is 1.52. The van der Waals surface area contributed by atoms with Gasteiger partial charge < -0.3 is 10.5 Å². The maximum atomic E-state index is 13.6. The summed E-state index contributed by atoms with van der Waals surface area (Å²) in [5.41, 5.74) is 6.64. The summed E-state index contributed by atoms with van der Waals surface area (Å²) in [6.07, 6.45) is 0. The number of rotatable bonds is 2. The van der Waals surface area contributed by atoms with E-state index < -0.39 is 11.6 Å². The molecule has 0 aliphatic heterocycles. The van der Waals surface area contributed by atoms with Crippen LogP contribution in [0.2, 0.25) is 0 Å². The molecular formula is C14H10F2N2O. The Morgan fingerprint density at radius 3 is 2.42 bits per heavy atom. The molecule has 0 aliphatic rings. The minimum atomic E-state index is -0.729. The smallest absolute Gasteiger partial charge is 0.167 e. The summed E-state index contributed by atoms with van der Waals surface area (Å²) in [5, 5.41) is 8.62. The fourth-order valence-corrected chi connectivity index (χ4v) is 1.52. The molecular weight excluding hydrogens is 250 g/mol. The zero-order valence-electron chi connectivity index (χ0n) is 10.1. The highest BCUT2D eigenvalue weighted by atomic mass is 19.1. The Bertz CT molecular complexity index is 678. The first kappa shape index (κ1) is 12.8. The van der Waals surface area contributed by atoms with Gasteiger partial charge >= 0.3 is 0 Å². The predicted octanol–water partition coefficient (Wildman–Crippen LogP) is 3.52. The zero-order valence-corrected chi connectivity index (χ0v) is 10.1. The van der Waals surface area contributed by atoms with E-state index in [1.165, 1.54) is 18.2 Å². The van der Waals surface area contributed by atoms with E-state index in [1.54, 1.807) is 13.0 Å². The van der Waals surface area contributed by atoms with Crippen molar-refractivity contribution in [3.63, 3.8) is 0 Å². The number of anilines is 1. The van der Waals surface area contributed by atoms with E-state index in [4.69, 9.17) is 15.7 Å². The van der Waals surface area contributed by atoms with Crippen molar-refractivity contribution in [3.05, 3.63) is 53.1 Å². The molecule has 0 radical (unpaired) electrons. The number of ether oxygens (including phenoxy) is 1. The first-order valence-corrected chi connectivity index (χ1v) is 5.44. The van der Waals surface area contributed by atoms with Crippen molar-refractivity contribution in [1.29, 1.82) is 5.26 Å². The van der Waals surface area contributed by atoms with Crippen molar-refractivity contribution in [2.24, 2.45) is 0 Å². The number of aryl methyl sites for hydroxylation is 1. The molecule has 0 fully saturated rings. The van der Waals surface area contributed by atoms with Gasteiger partial charge in [0.15, 0.2) is 23.1 Å². The molecule has 19 heavy (non-hydrogen) atoms. The van der Waals surface area contributed by atoms with Gasteiger partial charge in [-0.3, -0.25) is 0 Å². The van der Waals surface area contributed by atoms with Gasteiger partial charge in [-0.2, -0.15) is 5.26 Å². The second-order valence-electron chi connectivity index (χ2n) is 4.00. The van der Waals surface area contributed by atoms with E-state index >= 15 is 0 Å². The summed E-state index contributed by atoms with van der Waals surface area (Å²) in [6, 6.07) is 8.00. The second-order valence-corrected chi connectivity index (χ2v) is 4.00. The van der Waals surface area contributed by atoms with Gasteiger partial charge in [0.2, 0.25) is 0 Å². The Balaban J connectivity index is 2.37. The van der Waals surface area contributed by atoms with Gasteiger partial charge in [0.25, 0.3) is 0 Å². The summed E-state index contributed by atoms with van der Waals surface area (Å²) in [5.74, 6) is -1.67. The lowest BCUT2D eigenvalue weighted by Gasteiger charge is -2.10. The third-order valence-electron chi connectivity index (χ3n) is 2.60. The molecule has 0 amide bonds. The summed E-state index contributed by atoms with van der Waals surface area (Å²) < 4.78 is 32.4. The van der Waals surface area contributed by atoms with Crippen LogP contribution in [0.15, 0.2) is 30.3 Å². The molecule has 2 N–H and O–H groups in total. The zero-order chi connectivity index (χ0) is 14.0. The van der Waals surface area contributed by atoms with Crippen LogP contribution < -0.4 is 10.5 Å². The van der Waals surface area contributed by atoms with Crippen LogP contribution in [0.4, 0.5) is 14.5 Å². The van der Waals surface area contributed by atoms with Gasteiger partial charge in [-0.1, -0.05) is 0 Å². The van der Waals surface area contributed by atoms with Gasteiger partial charge in [0.05, 0.1) is 11.6 Å². The van der Waals surface area contributed by atoms with Crippen LogP contribution in [0.5, 0.6) is 11.5 Å². The van der Waals surface area contributed by atoms with Gasteiger partial charge in [-0.05, 0) is 36.8 Å². The van der Waals surface area contributed by atoms with Crippen molar-refractivity contribution < 1.29 is 13.5 Å². The first-order valence-electron chi connectivity index (χ1n) is 5.44. The minimum Gasteiger partial charge on any atom is -0.451 e. The standard InChI is InChI=1S/C14H10F2N2O/c1-8-4-14(11(16)6-12(8)18)19-13-3-2-9(7-17)5-10(13)15/h2-6H,18H2,1H3. The lowest BCUT2D eigenvalue weighted by molar-refractivity contribution is 0.414. The molecule has 2 rings (SSSR count). The maximum absolute atomic E-state index is 13.6. The Hall–Kier alpha value is -2.61. The molecule has 0 heterocycles. The number of halogens is 2. The van der Waals surface area contributed by atoms with Crippen molar-refractivity contribution in [1.82, 2.24) is 0 Å². The molecule has 2 aromatic carbocycles. The normalized spacial score (nSPS) is 10.0. The first-order chi connectivity index (χ1) is 9.01. The van der Waals surface area contributed by atoms with E-state index in [0.717, 1.165) is 12.1 Å². The average molecular weight is 260 g/mol. The monoisotopic (exact) mass is 260 g/mol. The highest BCUT2D eigenvalue weighted by Gasteiger charge is 2.11. The van der Waals surface area contributed by atoms with Crippen molar-refractivity contribution >= 4 is 5.69 Å². The van der Waals surface area contributed by atoms with Crippen LogP contribution in [0, 0.1) is 29.9 Å². The molecule has 3 nitrogen and oxygen atoms in total. The van der Waals surface area contributed by atoms with Crippen LogP contribution >= 0.6 is 0 Å². The molecule has 0 aliphatic carbocycles. The molecule has 0 aromatic heterocycles. The SMILES string of the molecule is Cc1cc(Oc2ccc(C#N)cc2F)c(F)cc1N. The molecule has 0 spiro atoms. The Morgan fingerprint density at radius 1 is 1.11 bits per heavy atom. The highest BCUT2D eigenvalue weighted by Crippen LogP contribution is 2.30. The number of benzene rings is 2. The lowest BCUT2D eigenvalue weighted by Crippen LogP contribution is -1.96. The fraction of sp³-hybridized carbons (Fsp3) is 0.0714. The molecule has 0 saturated heterocycles. The molecule has 0 atom stereocenters. The third kappa shape index (κ3) is 2.63. The lowest BCUT2D eigenvalue weighted by atomic mass is 10.2. The van der Waals surface area contributed by atoms with E-state index in [-0.39, 0.29) is 17.1 Å². The number of nitrogens with zero attached hydrogens (tertiary/aromatic N) is 1. The number of hydrogen-bond acceptors (Lipinski definition) is 3. The van der Waals surface area contributed by atoms with E-state index in [2.05, 4.69) is 0 Å². The molecule has 0 unspecified atom stereocenters. The average Bonchev–Trinajstić information content (AvgIpc) is 2.38. The summed E-state index contributed by atoms with van der Waals surface area (Å²) in [7, 11) is 0. The van der Waals surface area contributed by atoms with Gasteiger partial charge in [-0.15, -0.1) is 0 Å². The predicted molar refractivity (Wildman–Crippen MR) is 66.7 cm³/mol. The molecule has 0 bridgehead atoms.